The lowest BCUT2D eigenvalue weighted by molar-refractivity contribution is -0.111. The molecular formula is C17H13F3N4O. The molecule has 25 heavy (non-hydrogen) atoms. The molecule has 0 radical (unpaired) electrons. The van der Waals surface area contributed by atoms with Crippen molar-refractivity contribution in [3.63, 3.8) is 0 Å². The fourth-order valence-electron chi connectivity index (χ4n) is 2.50. The van der Waals surface area contributed by atoms with Crippen LogP contribution in [0, 0.1) is 18.7 Å². The monoisotopic (exact) mass is 346 g/mol. The molecule has 0 saturated carbocycles. The second kappa shape index (κ2) is 6.39. The van der Waals surface area contributed by atoms with Gasteiger partial charge >= 0.3 is 0 Å². The number of amides is 1. The molecule has 0 aliphatic carbocycles. The number of carbonyl (C=O) groups excluding carboxylic acids is 1. The van der Waals surface area contributed by atoms with Gasteiger partial charge < -0.3 is 5.32 Å². The second-order valence-electron chi connectivity index (χ2n) is 5.32. The number of nitrogens with one attached hydrogen (secondary N) is 2. The van der Waals surface area contributed by atoms with Gasteiger partial charge in [0.2, 0.25) is 11.9 Å². The van der Waals surface area contributed by atoms with Crippen LogP contribution in [0.1, 0.15) is 11.3 Å². The number of aromatic nitrogens is 3. The first-order chi connectivity index (χ1) is 12.0. The van der Waals surface area contributed by atoms with Crippen LogP contribution >= 0.6 is 0 Å². The Morgan fingerprint density at radius 1 is 1.40 bits per heavy atom. The number of rotatable bonds is 4. The second-order valence-corrected chi connectivity index (χ2v) is 5.32. The van der Waals surface area contributed by atoms with Gasteiger partial charge in [0, 0.05) is 11.1 Å². The van der Waals surface area contributed by atoms with Crippen molar-refractivity contribution in [2.75, 3.05) is 5.32 Å². The minimum absolute atomic E-state index is 0.0273. The summed E-state index contributed by atoms with van der Waals surface area (Å²) in [5.74, 6) is -1.91. The third-order valence-corrected chi connectivity index (χ3v) is 3.79. The highest BCUT2D eigenvalue weighted by Gasteiger charge is 2.20. The zero-order valence-electron chi connectivity index (χ0n) is 13.2. The zero-order chi connectivity index (χ0) is 18.1. The molecule has 5 nitrogen and oxygen atoms in total. The summed E-state index contributed by atoms with van der Waals surface area (Å²) in [6, 6.07) is 4.35. The van der Waals surface area contributed by atoms with E-state index in [0.717, 1.165) is 6.08 Å². The standard InChI is InChI=1S/C17H13F3N4O/c1-3-13(25)22-15-8(2)14(19)16(21-12(15)7-18)9-4-5-10-11(6-9)23-24-17(10)20/h3-6H,1,7H2,2H3,(H,22,25)(H,23,24). The van der Waals surface area contributed by atoms with Crippen molar-refractivity contribution in [2.24, 2.45) is 0 Å². The molecule has 2 heterocycles. The molecule has 0 spiro atoms. The van der Waals surface area contributed by atoms with Crippen LogP contribution in [0.3, 0.4) is 0 Å². The van der Waals surface area contributed by atoms with Gasteiger partial charge in [0.15, 0.2) is 5.82 Å². The summed E-state index contributed by atoms with van der Waals surface area (Å²) in [4.78, 5) is 15.5. The van der Waals surface area contributed by atoms with Crippen molar-refractivity contribution >= 4 is 22.5 Å². The van der Waals surface area contributed by atoms with E-state index in [1.54, 1.807) is 0 Å². The number of pyridine rings is 1. The topological polar surface area (TPSA) is 70.7 Å². The van der Waals surface area contributed by atoms with Gasteiger partial charge in [0.1, 0.15) is 12.4 Å². The Bertz CT molecular complexity index is 997. The number of nitrogens with zero attached hydrogens (tertiary/aromatic N) is 2. The largest absolute Gasteiger partial charge is 0.321 e. The van der Waals surface area contributed by atoms with Gasteiger partial charge in [-0.3, -0.25) is 9.89 Å². The average molecular weight is 346 g/mol. The molecule has 128 valence electrons. The van der Waals surface area contributed by atoms with Gasteiger partial charge in [-0.1, -0.05) is 12.6 Å². The quantitative estimate of drug-likeness (QED) is 0.706. The van der Waals surface area contributed by atoms with Crippen molar-refractivity contribution < 1.29 is 18.0 Å². The van der Waals surface area contributed by atoms with Crippen molar-refractivity contribution in [1.29, 1.82) is 0 Å². The zero-order valence-corrected chi connectivity index (χ0v) is 13.2. The van der Waals surface area contributed by atoms with Gasteiger partial charge in [0.05, 0.1) is 22.3 Å². The molecule has 1 aromatic carbocycles. The summed E-state index contributed by atoms with van der Waals surface area (Å²) in [6.07, 6.45) is 0.993. The molecule has 3 aromatic rings. The summed E-state index contributed by atoms with van der Waals surface area (Å²) in [7, 11) is 0. The number of fused-ring (bicyclic) bond motifs is 1. The number of aromatic amines is 1. The number of benzene rings is 1. The molecule has 1 amide bonds. The highest BCUT2D eigenvalue weighted by Crippen LogP contribution is 2.32. The Morgan fingerprint density at radius 2 is 2.16 bits per heavy atom. The van der Waals surface area contributed by atoms with Gasteiger partial charge in [0.25, 0.3) is 0 Å². The fraction of sp³-hybridized carbons (Fsp3) is 0.118. The summed E-state index contributed by atoms with van der Waals surface area (Å²) >= 11 is 0. The molecule has 8 heteroatoms. The summed E-state index contributed by atoms with van der Waals surface area (Å²) < 4.78 is 41.6. The first-order valence-electron chi connectivity index (χ1n) is 7.28. The minimum Gasteiger partial charge on any atom is -0.321 e. The molecule has 0 saturated heterocycles. The molecule has 2 N–H and O–H groups in total. The SMILES string of the molecule is C=CC(=O)Nc1c(CF)nc(-c2ccc3c(F)[nH]nc3c2)c(F)c1C. The van der Waals surface area contributed by atoms with E-state index in [4.69, 9.17) is 0 Å². The van der Waals surface area contributed by atoms with Crippen LogP contribution < -0.4 is 5.32 Å². The van der Waals surface area contributed by atoms with Crippen LogP contribution in [0.15, 0.2) is 30.9 Å². The highest BCUT2D eigenvalue weighted by molar-refractivity contribution is 6.00. The third kappa shape index (κ3) is 2.86. The predicted molar refractivity (Wildman–Crippen MR) is 87.6 cm³/mol. The molecular weight excluding hydrogens is 333 g/mol. The number of H-pyrrole nitrogens is 1. The number of alkyl halides is 1. The molecule has 0 bridgehead atoms. The summed E-state index contributed by atoms with van der Waals surface area (Å²) in [5, 5.41) is 8.58. The number of halogens is 3. The molecule has 0 aliphatic rings. The van der Waals surface area contributed by atoms with Crippen molar-refractivity contribution in [1.82, 2.24) is 15.2 Å². The van der Waals surface area contributed by atoms with Gasteiger partial charge in [-0.15, -0.1) is 0 Å². The van der Waals surface area contributed by atoms with Crippen molar-refractivity contribution in [3.8, 4) is 11.3 Å². The highest BCUT2D eigenvalue weighted by atomic mass is 19.1. The first kappa shape index (κ1) is 16.7. The van der Waals surface area contributed by atoms with Crippen LogP contribution in [0.4, 0.5) is 18.9 Å². The summed E-state index contributed by atoms with van der Waals surface area (Å²) in [6.45, 7) is 3.71. The lowest BCUT2D eigenvalue weighted by Crippen LogP contribution is -2.13. The normalized spacial score (nSPS) is 10.9. The van der Waals surface area contributed by atoms with Crippen LogP contribution in [0.25, 0.3) is 22.2 Å². The predicted octanol–water partition coefficient (Wildman–Crippen LogP) is 3.81. The Hall–Kier alpha value is -3.16. The summed E-state index contributed by atoms with van der Waals surface area (Å²) in [5.41, 5.74) is 0.404. The van der Waals surface area contributed by atoms with Crippen LogP contribution in [-0.4, -0.2) is 21.1 Å². The van der Waals surface area contributed by atoms with Crippen LogP contribution in [-0.2, 0) is 11.5 Å². The lowest BCUT2D eigenvalue weighted by atomic mass is 10.0. The number of carbonyl (C=O) groups is 1. The molecule has 0 atom stereocenters. The Balaban J connectivity index is 2.16. The number of anilines is 1. The van der Waals surface area contributed by atoms with E-state index in [1.807, 2.05) is 0 Å². The van der Waals surface area contributed by atoms with Gasteiger partial charge in [-0.05, 0) is 25.1 Å². The minimum atomic E-state index is -1.000. The Labute approximate surface area is 140 Å². The lowest BCUT2D eigenvalue weighted by Gasteiger charge is -2.14. The van der Waals surface area contributed by atoms with E-state index in [2.05, 4.69) is 27.1 Å². The van der Waals surface area contributed by atoms with Crippen LogP contribution in [0.5, 0.6) is 0 Å². The number of hydrogen-bond donors (Lipinski definition) is 2. The Morgan fingerprint density at radius 3 is 2.84 bits per heavy atom. The molecule has 3 rings (SSSR count). The van der Waals surface area contributed by atoms with Gasteiger partial charge in [-0.2, -0.15) is 9.49 Å². The molecule has 0 fully saturated rings. The molecule has 0 aliphatic heterocycles. The van der Waals surface area contributed by atoms with Gasteiger partial charge in [-0.25, -0.2) is 13.8 Å². The molecule has 2 aromatic heterocycles. The average Bonchev–Trinajstić information content (AvgIpc) is 2.99. The van der Waals surface area contributed by atoms with E-state index in [1.165, 1.54) is 25.1 Å². The van der Waals surface area contributed by atoms with Crippen LogP contribution in [0.2, 0.25) is 0 Å². The maximum Gasteiger partial charge on any atom is 0.247 e. The van der Waals surface area contributed by atoms with E-state index in [9.17, 15) is 18.0 Å². The molecule has 0 unspecified atom stereocenters. The maximum atomic E-state index is 14.8. The van der Waals surface area contributed by atoms with Crippen molar-refractivity contribution in [3.05, 3.63) is 53.9 Å². The fourth-order valence-corrected chi connectivity index (χ4v) is 2.50. The smallest absolute Gasteiger partial charge is 0.247 e. The Kier molecular flexibility index (Phi) is 4.26. The third-order valence-electron chi connectivity index (χ3n) is 3.79. The maximum absolute atomic E-state index is 14.8. The van der Waals surface area contributed by atoms with Crippen molar-refractivity contribution in [2.45, 2.75) is 13.6 Å². The van der Waals surface area contributed by atoms with E-state index in [0.29, 0.717) is 11.1 Å². The first-order valence-corrected chi connectivity index (χ1v) is 7.28. The van der Waals surface area contributed by atoms with E-state index in [-0.39, 0.29) is 28.0 Å². The number of hydrogen-bond acceptors (Lipinski definition) is 3. The van der Waals surface area contributed by atoms with E-state index >= 15 is 0 Å². The van der Waals surface area contributed by atoms with E-state index < -0.39 is 24.3 Å².